The van der Waals surface area contributed by atoms with Crippen LogP contribution in [0.3, 0.4) is 0 Å². The number of nitrogens with one attached hydrogen (secondary N) is 1. The van der Waals surface area contributed by atoms with Crippen LogP contribution in [0.1, 0.15) is 48.7 Å². The minimum absolute atomic E-state index is 0.113. The van der Waals surface area contributed by atoms with Crippen LogP contribution in [0.4, 0.5) is 0 Å². The Kier molecular flexibility index (Phi) is 5.13. The molecule has 2 aliphatic rings. The molecule has 0 saturated heterocycles. The molecule has 1 N–H and O–H groups in total. The SMILES string of the molecule is Cc1ccc(Cl)c(OCn2ccc(C(=O)NC(C)C3CC4CCC3C4)n2)c1. The van der Waals surface area contributed by atoms with Crippen molar-refractivity contribution in [3.8, 4) is 5.75 Å². The quantitative estimate of drug-likeness (QED) is 0.797. The van der Waals surface area contributed by atoms with Crippen molar-refractivity contribution in [1.82, 2.24) is 15.1 Å². The molecule has 5 nitrogen and oxygen atoms in total. The van der Waals surface area contributed by atoms with E-state index in [1.165, 1.54) is 25.7 Å². The number of fused-ring (bicyclic) bond motifs is 2. The Morgan fingerprint density at radius 3 is 2.96 bits per heavy atom. The lowest BCUT2D eigenvalue weighted by Crippen LogP contribution is -2.40. The summed E-state index contributed by atoms with van der Waals surface area (Å²) in [5.74, 6) is 2.78. The van der Waals surface area contributed by atoms with Gasteiger partial charge < -0.3 is 10.1 Å². The average Bonchev–Trinajstić information content (AvgIpc) is 3.39. The predicted octanol–water partition coefficient (Wildman–Crippen LogP) is 4.44. The van der Waals surface area contributed by atoms with Crippen LogP contribution in [0.2, 0.25) is 5.02 Å². The maximum Gasteiger partial charge on any atom is 0.271 e. The summed E-state index contributed by atoms with van der Waals surface area (Å²) in [6.45, 7) is 4.32. The van der Waals surface area contributed by atoms with E-state index in [1.807, 2.05) is 25.1 Å². The van der Waals surface area contributed by atoms with E-state index in [0.29, 0.717) is 22.4 Å². The summed E-state index contributed by atoms with van der Waals surface area (Å²) in [5, 5.41) is 8.05. The minimum Gasteiger partial charge on any atom is -0.470 e. The topological polar surface area (TPSA) is 56.1 Å². The van der Waals surface area contributed by atoms with Gasteiger partial charge in [-0.1, -0.05) is 24.1 Å². The average molecular weight is 388 g/mol. The van der Waals surface area contributed by atoms with Crippen molar-refractivity contribution in [2.24, 2.45) is 17.8 Å². The van der Waals surface area contributed by atoms with Gasteiger partial charge in [-0.15, -0.1) is 0 Å². The molecule has 1 aromatic heterocycles. The number of aromatic nitrogens is 2. The van der Waals surface area contributed by atoms with Crippen LogP contribution in [0, 0.1) is 24.7 Å². The lowest BCUT2D eigenvalue weighted by Gasteiger charge is -2.28. The van der Waals surface area contributed by atoms with Crippen LogP contribution in [0.25, 0.3) is 0 Å². The van der Waals surface area contributed by atoms with Crippen LogP contribution in [0.15, 0.2) is 30.5 Å². The predicted molar refractivity (Wildman–Crippen MR) is 105 cm³/mol. The van der Waals surface area contributed by atoms with Gasteiger partial charge in [0.1, 0.15) is 11.4 Å². The number of carbonyl (C=O) groups is 1. The van der Waals surface area contributed by atoms with E-state index in [0.717, 1.165) is 17.4 Å². The van der Waals surface area contributed by atoms with Gasteiger partial charge in [-0.25, -0.2) is 4.68 Å². The molecule has 0 radical (unpaired) electrons. The van der Waals surface area contributed by atoms with Crippen LogP contribution >= 0.6 is 11.6 Å². The van der Waals surface area contributed by atoms with E-state index in [1.54, 1.807) is 16.9 Å². The van der Waals surface area contributed by atoms with E-state index in [-0.39, 0.29) is 18.7 Å². The second-order valence-electron chi connectivity index (χ2n) is 8.05. The lowest BCUT2D eigenvalue weighted by molar-refractivity contribution is 0.0908. The Balaban J connectivity index is 1.33. The van der Waals surface area contributed by atoms with Gasteiger partial charge in [0.2, 0.25) is 0 Å². The summed E-state index contributed by atoms with van der Waals surface area (Å²) < 4.78 is 7.34. The Morgan fingerprint density at radius 2 is 2.22 bits per heavy atom. The Hall–Kier alpha value is -2.01. The van der Waals surface area contributed by atoms with Crippen molar-refractivity contribution in [3.63, 3.8) is 0 Å². The Labute approximate surface area is 165 Å². The summed E-state index contributed by atoms with van der Waals surface area (Å²) in [6.07, 6.45) is 7.05. The number of ether oxygens (including phenoxy) is 1. The van der Waals surface area contributed by atoms with Gasteiger partial charge in [-0.05, 0) is 74.6 Å². The molecule has 2 saturated carbocycles. The van der Waals surface area contributed by atoms with Gasteiger partial charge in [-0.3, -0.25) is 4.79 Å². The van der Waals surface area contributed by atoms with E-state index >= 15 is 0 Å². The Morgan fingerprint density at radius 1 is 1.37 bits per heavy atom. The molecule has 0 spiro atoms. The van der Waals surface area contributed by atoms with Crippen LogP contribution < -0.4 is 10.1 Å². The number of amides is 1. The maximum atomic E-state index is 12.6. The fourth-order valence-electron chi connectivity index (χ4n) is 4.71. The summed E-state index contributed by atoms with van der Waals surface area (Å²) in [7, 11) is 0. The number of aryl methyl sites for hydroxylation is 1. The normalized spacial score (nSPS) is 24.8. The third-order valence-electron chi connectivity index (χ3n) is 6.11. The van der Waals surface area contributed by atoms with E-state index in [2.05, 4.69) is 17.3 Å². The fraction of sp³-hybridized carbons (Fsp3) is 0.524. The summed E-state index contributed by atoms with van der Waals surface area (Å²) in [5.41, 5.74) is 1.49. The van der Waals surface area contributed by atoms with Gasteiger partial charge in [0, 0.05) is 12.2 Å². The first-order valence-corrected chi connectivity index (χ1v) is 10.1. The highest BCUT2D eigenvalue weighted by Crippen LogP contribution is 2.49. The van der Waals surface area contributed by atoms with Crippen LogP contribution in [-0.4, -0.2) is 21.7 Å². The molecule has 1 aromatic carbocycles. The Bertz CT molecular complexity index is 835. The molecule has 4 atom stereocenters. The highest BCUT2D eigenvalue weighted by Gasteiger charge is 2.42. The molecular weight excluding hydrogens is 362 g/mol. The number of hydrogen-bond donors (Lipinski definition) is 1. The molecule has 2 bridgehead atoms. The van der Waals surface area contributed by atoms with Crippen LogP contribution in [-0.2, 0) is 6.73 Å². The molecule has 1 heterocycles. The molecule has 2 fully saturated rings. The zero-order chi connectivity index (χ0) is 19.0. The number of hydrogen-bond acceptors (Lipinski definition) is 3. The molecule has 144 valence electrons. The van der Waals surface area contributed by atoms with E-state index < -0.39 is 0 Å². The van der Waals surface area contributed by atoms with Gasteiger partial charge in [0.15, 0.2) is 6.73 Å². The van der Waals surface area contributed by atoms with Crippen molar-refractivity contribution in [2.75, 3.05) is 0 Å². The van der Waals surface area contributed by atoms with Gasteiger partial charge in [0.05, 0.1) is 5.02 Å². The first-order valence-electron chi connectivity index (χ1n) is 9.73. The zero-order valence-electron chi connectivity index (χ0n) is 15.8. The maximum absolute atomic E-state index is 12.6. The van der Waals surface area contributed by atoms with Crippen LogP contribution in [0.5, 0.6) is 5.75 Å². The number of rotatable bonds is 6. The number of carbonyl (C=O) groups excluding carboxylic acids is 1. The molecule has 4 rings (SSSR count). The van der Waals surface area contributed by atoms with Gasteiger partial charge in [0.25, 0.3) is 5.91 Å². The summed E-state index contributed by atoms with van der Waals surface area (Å²) >= 11 is 6.15. The molecule has 6 heteroatoms. The molecule has 2 aliphatic carbocycles. The van der Waals surface area contributed by atoms with Crippen molar-refractivity contribution >= 4 is 17.5 Å². The molecule has 2 aromatic rings. The first kappa shape index (κ1) is 18.4. The zero-order valence-corrected chi connectivity index (χ0v) is 16.6. The molecule has 4 unspecified atom stereocenters. The molecule has 0 aliphatic heterocycles. The smallest absolute Gasteiger partial charge is 0.271 e. The molecule has 1 amide bonds. The molecular formula is C21H26ClN3O2. The fourth-order valence-corrected chi connectivity index (χ4v) is 4.88. The third-order valence-corrected chi connectivity index (χ3v) is 6.42. The second kappa shape index (κ2) is 7.55. The number of benzene rings is 1. The first-order chi connectivity index (χ1) is 13.0. The summed E-state index contributed by atoms with van der Waals surface area (Å²) in [4.78, 5) is 12.6. The van der Waals surface area contributed by atoms with Crippen molar-refractivity contribution in [3.05, 3.63) is 46.7 Å². The van der Waals surface area contributed by atoms with Crippen molar-refractivity contribution < 1.29 is 9.53 Å². The standard InChI is InChI=1S/C21H26ClN3O2/c1-13-3-6-18(22)20(9-13)27-12-25-8-7-19(24-25)21(26)23-14(2)17-11-15-4-5-16(17)10-15/h3,6-9,14-17H,4-5,10-12H2,1-2H3,(H,23,26). The van der Waals surface area contributed by atoms with Crippen molar-refractivity contribution in [2.45, 2.75) is 52.3 Å². The molecule has 27 heavy (non-hydrogen) atoms. The number of halogens is 1. The lowest BCUT2D eigenvalue weighted by atomic mass is 9.84. The monoisotopic (exact) mass is 387 g/mol. The van der Waals surface area contributed by atoms with Gasteiger partial charge in [-0.2, -0.15) is 5.10 Å². The third kappa shape index (κ3) is 3.98. The van der Waals surface area contributed by atoms with E-state index in [9.17, 15) is 4.79 Å². The van der Waals surface area contributed by atoms with E-state index in [4.69, 9.17) is 16.3 Å². The highest BCUT2D eigenvalue weighted by molar-refractivity contribution is 6.32. The second-order valence-corrected chi connectivity index (χ2v) is 8.46. The largest absolute Gasteiger partial charge is 0.470 e. The van der Waals surface area contributed by atoms with Gasteiger partial charge >= 0.3 is 0 Å². The minimum atomic E-state index is -0.113. The van der Waals surface area contributed by atoms with Crippen molar-refractivity contribution in [1.29, 1.82) is 0 Å². The number of nitrogens with zero attached hydrogens (tertiary/aromatic N) is 2. The highest BCUT2D eigenvalue weighted by atomic mass is 35.5. The summed E-state index contributed by atoms with van der Waals surface area (Å²) in [6, 6.07) is 7.55.